The zero-order chi connectivity index (χ0) is 14.2. The maximum absolute atomic E-state index is 5.80. The van der Waals surface area contributed by atoms with Crippen molar-refractivity contribution in [1.82, 2.24) is 10.2 Å². The molecular formula is C16H27ClN2O2. The molecule has 0 radical (unpaired) electrons. The zero-order valence-corrected chi connectivity index (χ0v) is 13.8. The van der Waals surface area contributed by atoms with Crippen molar-refractivity contribution in [3.8, 4) is 5.75 Å². The third kappa shape index (κ3) is 5.83. The minimum absolute atomic E-state index is 0. The van der Waals surface area contributed by atoms with Gasteiger partial charge in [-0.2, -0.15) is 0 Å². The average molecular weight is 315 g/mol. The summed E-state index contributed by atoms with van der Waals surface area (Å²) >= 11 is 0. The van der Waals surface area contributed by atoms with Crippen molar-refractivity contribution in [3.63, 3.8) is 0 Å². The van der Waals surface area contributed by atoms with E-state index in [0.29, 0.717) is 19.3 Å². The fourth-order valence-corrected chi connectivity index (χ4v) is 2.69. The van der Waals surface area contributed by atoms with Gasteiger partial charge in [-0.3, -0.25) is 4.90 Å². The molecule has 1 aliphatic heterocycles. The van der Waals surface area contributed by atoms with E-state index in [1.54, 1.807) is 7.11 Å². The first-order valence-corrected chi connectivity index (χ1v) is 7.42. The molecule has 0 saturated carbocycles. The quantitative estimate of drug-likeness (QED) is 0.783. The third-order valence-electron chi connectivity index (χ3n) is 3.83. The van der Waals surface area contributed by atoms with E-state index in [0.717, 1.165) is 18.8 Å². The Kier molecular flexibility index (Phi) is 8.69. The van der Waals surface area contributed by atoms with Gasteiger partial charge in [0.25, 0.3) is 0 Å². The van der Waals surface area contributed by atoms with E-state index < -0.39 is 0 Å². The van der Waals surface area contributed by atoms with Crippen LogP contribution in [0, 0.1) is 0 Å². The van der Waals surface area contributed by atoms with Crippen LogP contribution < -0.4 is 10.1 Å². The van der Waals surface area contributed by atoms with Crippen molar-refractivity contribution in [1.29, 1.82) is 0 Å². The number of piperidine rings is 1. The molecule has 2 rings (SSSR count). The van der Waals surface area contributed by atoms with Gasteiger partial charge >= 0.3 is 0 Å². The highest BCUT2D eigenvalue weighted by molar-refractivity contribution is 5.85. The monoisotopic (exact) mass is 314 g/mol. The number of methoxy groups -OCH3 is 1. The minimum Gasteiger partial charge on any atom is -0.491 e. The van der Waals surface area contributed by atoms with E-state index in [2.05, 4.69) is 29.4 Å². The van der Waals surface area contributed by atoms with Gasteiger partial charge in [0.2, 0.25) is 0 Å². The summed E-state index contributed by atoms with van der Waals surface area (Å²) in [5.41, 5.74) is 1.26. The van der Waals surface area contributed by atoms with Crippen LogP contribution in [-0.4, -0.2) is 51.4 Å². The largest absolute Gasteiger partial charge is 0.491 e. The molecule has 0 aliphatic carbocycles. The van der Waals surface area contributed by atoms with Crippen molar-refractivity contribution in [2.24, 2.45) is 0 Å². The number of nitrogens with one attached hydrogen (secondary N) is 1. The summed E-state index contributed by atoms with van der Waals surface area (Å²) in [7, 11) is 3.75. The van der Waals surface area contributed by atoms with Gasteiger partial charge in [-0.05, 0) is 32.5 Å². The third-order valence-corrected chi connectivity index (χ3v) is 3.83. The summed E-state index contributed by atoms with van der Waals surface area (Å²) in [5, 5.41) is 3.39. The lowest BCUT2D eigenvalue weighted by molar-refractivity contribution is 0.143. The van der Waals surface area contributed by atoms with Crippen LogP contribution in [0.5, 0.6) is 5.75 Å². The molecule has 0 amide bonds. The van der Waals surface area contributed by atoms with Crippen LogP contribution in [0.2, 0.25) is 0 Å². The van der Waals surface area contributed by atoms with Gasteiger partial charge in [0.05, 0.1) is 6.61 Å². The molecule has 1 saturated heterocycles. The Bertz CT molecular complexity index is 404. The average Bonchev–Trinajstić information content (AvgIpc) is 2.49. The van der Waals surface area contributed by atoms with Crippen LogP contribution in [0.4, 0.5) is 0 Å². The Balaban J connectivity index is 0.00000220. The lowest BCUT2D eigenvalue weighted by Crippen LogP contribution is -2.43. The van der Waals surface area contributed by atoms with E-state index in [1.165, 1.54) is 24.9 Å². The number of ether oxygens (including phenoxy) is 2. The molecule has 0 aromatic heterocycles. The molecule has 1 aliphatic rings. The smallest absolute Gasteiger partial charge is 0.123 e. The van der Waals surface area contributed by atoms with Crippen molar-refractivity contribution in [2.45, 2.75) is 25.4 Å². The van der Waals surface area contributed by atoms with E-state index in [1.807, 2.05) is 12.1 Å². The Morgan fingerprint density at radius 1 is 1.29 bits per heavy atom. The van der Waals surface area contributed by atoms with Crippen molar-refractivity contribution >= 4 is 12.4 Å². The van der Waals surface area contributed by atoms with Gasteiger partial charge in [-0.1, -0.05) is 18.2 Å². The molecule has 1 atom stereocenters. The summed E-state index contributed by atoms with van der Waals surface area (Å²) in [4.78, 5) is 2.50. The number of likely N-dealkylation sites (tertiary alicyclic amines) is 1. The first-order chi connectivity index (χ1) is 9.83. The molecule has 5 heteroatoms. The van der Waals surface area contributed by atoms with Gasteiger partial charge in [0, 0.05) is 31.8 Å². The summed E-state index contributed by atoms with van der Waals surface area (Å²) in [6.45, 7) is 4.47. The molecule has 21 heavy (non-hydrogen) atoms. The lowest BCUT2D eigenvalue weighted by Gasteiger charge is -2.32. The lowest BCUT2D eigenvalue weighted by atomic mass is 10.0. The molecular weight excluding hydrogens is 288 g/mol. The maximum atomic E-state index is 5.80. The fourth-order valence-electron chi connectivity index (χ4n) is 2.69. The van der Waals surface area contributed by atoms with Crippen LogP contribution in [0.1, 0.15) is 18.4 Å². The molecule has 1 aromatic rings. The number of hydrogen-bond donors (Lipinski definition) is 1. The molecule has 1 unspecified atom stereocenters. The second-order valence-electron chi connectivity index (χ2n) is 5.31. The van der Waals surface area contributed by atoms with Crippen LogP contribution in [0.25, 0.3) is 0 Å². The van der Waals surface area contributed by atoms with Gasteiger partial charge in [-0.25, -0.2) is 0 Å². The predicted molar refractivity (Wildman–Crippen MR) is 88.4 cm³/mol. The minimum atomic E-state index is 0. The Morgan fingerprint density at radius 3 is 2.86 bits per heavy atom. The van der Waals surface area contributed by atoms with E-state index in [4.69, 9.17) is 9.47 Å². The number of rotatable bonds is 7. The normalized spacial score (nSPS) is 19.0. The highest BCUT2D eigenvalue weighted by Crippen LogP contribution is 2.21. The number of nitrogens with zero attached hydrogens (tertiary/aromatic N) is 1. The fraction of sp³-hybridized carbons (Fsp3) is 0.625. The highest BCUT2D eigenvalue weighted by Gasteiger charge is 2.19. The van der Waals surface area contributed by atoms with Gasteiger partial charge < -0.3 is 14.8 Å². The van der Waals surface area contributed by atoms with E-state index in [9.17, 15) is 0 Å². The maximum Gasteiger partial charge on any atom is 0.123 e. The molecule has 0 bridgehead atoms. The summed E-state index contributed by atoms with van der Waals surface area (Å²) in [6, 6.07) is 8.93. The Morgan fingerprint density at radius 2 is 2.10 bits per heavy atom. The molecule has 4 nitrogen and oxygen atoms in total. The molecule has 1 N–H and O–H groups in total. The Labute approximate surface area is 134 Å². The van der Waals surface area contributed by atoms with Crippen LogP contribution in [0.3, 0.4) is 0 Å². The van der Waals surface area contributed by atoms with E-state index >= 15 is 0 Å². The van der Waals surface area contributed by atoms with Crippen molar-refractivity contribution < 1.29 is 9.47 Å². The van der Waals surface area contributed by atoms with Gasteiger partial charge in [0.1, 0.15) is 12.4 Å². The predicted octanol–water partition coefficient (Wildman–Crippen LogP) is 2.32. The van der Waals surface area contributed by atoms with Crippen LogP contribution >= 0.6 is 12.4 Å². The SMILES string of the molecule is CNC1CCCN(Cc2ccccc2OCCOC)C1.Cl. The molecule has 1 aromatic carbocycles. The van der Waals surface area contributed by atoms with Crippen molar-refractivity contribution in [3.05, 3.63) is 29.8 Å². The first kappa shape index (κ1) is 18.2. The number of likely N-dealkylation sites (N-methyl/N-ethyl adjacent to an activating group) is 1. The molecule has 120 valence electrons. The molecule has 0 spiro atoms. The Hall–Kier alpha value is -0.810. The molecule has 1 fully saturated rings. The van der Waals surface area contributed by atoms with Gasteiger partial charge in [0.15, 0.2) is 0 Å². The highest BCUT2D eigenvalue weighted by atomic mass is 35.5. The molecule has 1 heterocycles. The summed E-state index contributed by atoms with van der Waals surface area (Å²) in [5.74, 6) is 0.983. The topological polar surface area (TPSA) is 33.7 Å². The zero-order valence-electron chi connectivity index (χ0n) is 13.0. The van der Waals surface area contributed by atoms with Crippen LogP contribution in [0.15, 0.2) is 24.3 Å². The number of halogens is 1. The standard InChI is InChI=1S/C16H26N2O2.ClH/c1-17-15-7-5-9-18(13-15)12-14-6-3-4-8-16(14)20-11-10-19-2;/h3-4,6,8,15,17H,5,7,9-13H2,1-2H3;1H. The second kappa shape index (κ2) is 10.0. The number of benzene rings is 1. The number of hydrogen-bond acceptors (Lipinski definition) is 4. The number of para-hydroxylation sites is 1. The van der Waals surface area contributed by atoms with Crippen molar-refractivity contribution in [2.75, 3.05) is 40.5 Å². The second-order valence-corrected chi connectivity index (χ2v) is 5.31. The van der Waals surface area contributed by atoms with E-state index in [-0.39, 0.29) is 12.4 Å². The summed E-state index contributed by atoms with van der Waals surface area (Å²) < 4.78 is 10.8. The summed E-state index contributed by atoms with van der Waals surface area (Å²) in [6.07, 6.45) is 2.54. The first-order valence-electron chi connectivity index (χ1n) is 7.42. The van der Waals surface area contributed by atoms with Crippen LogP contribution in [-0.2, 0) is 11.3 Å². The van der Waals surface area contributed by atoms with Gasteiger partial charge in [-0.15, -0.1) is 12.4 Å².